The van der Waals surface area contributed by atoms with Crippen molar-refractivity contribution in [2.24, 2.45) is 0 Å². The molecule has 1 amide bonds. The SMILES string of the molecule is O=C(NC[C@H](c1cccs1)N1CCCC1)c1ccc2c(c1)S(=O)(=O)c1ccccc1C2=O. The van der Waals surface area contributed by atoms with Gasteiger partial charge in [0.15, 0.2) is 5.78 Å². The topological polar surface area (TPSA) is 83.6 Å². The van der Waals surface area contributed by atoms with E-state index in [1.165, 1.54) is 35.2 Å². The van der Waals surface area contributed by atoms with Crippen LogP contribution in [0.1, 0.15) is 50.0 Å². The van der Waals surface area contributed by atoms with Gasteiger partial charge in [-0.3, -0.25) is 14.5 Å². The second-order valence-corrected chi connectivity index (χ2v) is 10.9. The number of amides is 1. The number of rotatable bonds is 5. The molecule has 3 heterocycles. The summed E-state index contributed by atoms with van der Waals surface area (Å²) in [5.74, 6) is -0.695. The van der Waals surface area contributed by atoms with Crippen LogP contribution in [0.3, 0.4) is 0 Å². The number of hydrogen-bond acceptors (Lipinski definition) is 6. The molecule has 5 rings (SSSR count). The van der Waals surface area contributed by atoms with Crippen molar-refractivity contribution in [3.05, 3.63) is 81.5 Å². The molecule has 0 aliphatic carbocycles. The molecule has 1 atom stereocenters. The van der Waals surface area contributed by atoms with Gasteiger partial charge in [0.05, 0.1) is 15.8 Å². The smallest absolute Gasteiger partial charge is 0.251 e. The molecule has 6 nitrogen and oxygen atoms in total. The maximum Gasteiger partial charge on any atom is 0.251 e. The Morgan fingerprint density at radius 3 is 2.50 bits per heavy atom. The van der Waals surface area contributed by atoms with Gasteiger partial charge in [-0.15, -0.1) is 11.3 Å². The quantitative estimate of drug-likeness (QED) is 0.485. The Balaban J connectivity index is 1.41. The van der Waals surface area contributed by atoms with Crippen LogP contribution in [0.5, 0.6) is 0 Å². The van der Waals surface area contributed by atoms with Crippen molar-refractivity contribution in [3.63, 3.8) is 0 Å². The van der Waals surface area contributed by atoms with Crippen molar-refractivity contribution < 1.29 is 18.0 Å². The number of sulfone groups is 1. The summed E-state index contributed by atoms with van der Waals surface area (Å²) >= 11 is 1.67. The summed E-state index contributed by atoms with van der Waals surface area (Å²) < 4.78 is 26.2. The number of hydrogen-bond donors (Lipinski definition) is 1. The Morgan fingerprint density at radius 2 is 1.75 bits per heavy atom. The summed E-state index contributed by atoms with van der Waals surface area (Å²) in [5.41, 5.74) is 0.501. The standard InChI is InChI=1S/C24H22N2O4S2/c27-23-17-6-1-2-8-21(17)32(29,30)22-14-16(9-10-18(22)23)24(28)25-15-19(20-7-5-13-31-20)26-11-3-4-12-26/h1-2,5-10,13-14,19H,3-4,11-12,15H2,(H,25,28)/t19-/m1/s1. The molecule has 32 heavy (non-hydrogen) atoms. The lowest BCUT2D eigenvalue weighted by atomic mass is 10.0. The third-order valence-electron chi connectivity index (χ3n) is 6.11. The molecular formula is C24H22N2O4S2. The van der Waals surface area contributed by atoms with Crippen LogP contribution in [0.15, 0.2) is 69.8 Å². The number of carbonyl (C=O) groups excluding carboxylic acids is 2. The van der Waals surface area contributed by atoms with Gasteiger partial charge in [0.25, 0.3) is 5.91 Å². The summed E-state index contributed by atoms with van der Waals surface area (Å²) in [4.78, 5) is 29.2. The first-order valence-corrected chi connectivity index (χ1v) is 12.9. The Labute approximate surface area is 190 Å². The normalized spacial score (nSPS) is 18.1. The molecule has 1 fully saturated rings. The fraction of sp³-hybridized carbons (Fsp3) is 0.250. The van der Waals surface area contributed by atoms with E-state index in [0.29, 0.717) is 6.54 Å². The van der Waals surface area contributed by atoms with Gasteiger partial charge < -0.3 is 5.32 Å². The Morgan fingerprint density at radius 1 is 1.00 bits per heavy atom. The molecule has 1 N–H and O–H groups in total. The number of benzene rings is 2. The second kappa shape index (κ2) is 8.27. The van der Waals surface area contributed by atoms with Gasteiger partial charge in [0, 0.05) is 28.1 Å². The highest BCUT2D eigenvalue weighted by Gasteiger charge is 2.35. The van der Waals surface area contributed by atoms with Crippen LogP contribution in [-0.4, -0.2) is 44.6 Å². The fourth-order valence-electron chi connectivity index (χ4n) is 4.46. The third-order valence-corrected chi connectivity index (χ3v) is 8.93. The highest BCUT2D eigenvalue weighted by Crippen LogP contribution is 2.35. The lowest BCUT2D eigenvalue weighted by molar-refractivity contribution is 0.0936. The van der Waals surface area contributed by atoms with Crippen molar-refractivity contribution in [3.8, 4) is 0 Å². The van der Waals surface area contributed by atoms with Crippen LogP contribution >= 0.6 is 11.3 Å². The molecule has 2 aliphatic heterocycles. The van der Waals surface area contributed by atoms with E-state index >= 15 is 0 Å². The van der Waals surface area contributed by atoms with Crippen molar-refractivity contribution in [1.29, 1.82) is 0 Å². The van der Waals surface area contributed by atoms with Gasteiger partial charge >= 0.3 is 0 Å². The molecular weight excluding hydrogens is 444 g/mol. The van der Waals surface area contributed by atoms with E-state index in [1.54, 1.807) is 23.5 Å². The van der Waals surface area contributed by atoms with Crippen LogP contribution < -0.4 is 5.32 Å². The predicted octanol–water partition coefficient (Wildman–Crippen LogP) is 3.69. The zero-order valence-corrected chi connectivity index (χ0v) is 18.9. The molecule has 3 aromatic rings. The van der Waals surface area contributed by atoms with E-state index in [2.05, 4.69) is 16.3 Å². The van der Waals surface area contributed by atoms with Crippen LogP contribution in [0.4, 0.5) is 0 Å². The highest BCUT2D eigenvalue weighted by atomic mass is 32.2. The molecule has 164 valence electrons. The van der Waals surface area contributed by atoms with Crippen LogP contribution in [0.2, 0.25) is 0 Å². The average molecular weight is 467 g/mol. The lowest BCUT2D eigenvalue weighted by Crippen LogP contribution is -2.36. The van der Waals surface area contributed by atoms with Crippen LogP contribution in [-0.2, 0) is 9.84 Å². The predicted molar refractivity (Wildman–Crippen MR) is 122 cm³/mol. The Bertz CT molecular complexity index is 1290. The molecule has 2 aromatic carbocycles. The largest absolute Gasteiger partial charge is 0.350 e. The van der Waals surface area contributed by atoms with E-state index in [1.807, 2.05) is 11.4 Å². The molecule has 0 radical (unpaired) electrons. The Hall–Kier alpha value is -2.81. The fourth-order valence-corrected chi connectivity index (χ4v) is 7.00. The first kappa shape index (κ1) is 21.1. The molecule has 1 aromatic heterocycles. The minimum absolute atomic E-state index is 0.0122. The van der Waals surface area contributed by atoms with Gasteiger partial charge in [0.2, 0.25) is 9.84 Å². The highest BCUT2D eigenvalue weighted by molar-refractivity contribution is 7.91. The van der Waals surface area contributed by atoms with Crippen LogP contribution in [0.25, 0.3) is 0 Å². The van der Waals surface area contributed by atoms with Gasteiger partial charge in [-0.05, 0) is 67.7 Å². The number of ketones is 1. The number of nitrogens with zero attached hydrogens (tertiary/aromatic N) is 1. The van der Waals surface area contributed by atoms with Crippen molar-refractivity contribution in [1.82, 2.24) is 10.2 Å². The molecule has 1 saturated heterocycles. The average Bonchev–Trinajstić information content (AvgIpc) is 3.53. The number of nitrogens with one attached hydrogen (secondary N) is 1. The lowest BCUT2D eigenvalue weighted by Gasteiger charge is -2.27. The van der Waals surface area contributed by atoms with E-state index < -0.39 is 9.84 Å². The van der Waals surface area contributed by atoms with Crippen molar-refractivity contribution in [2.75, 3.05) is 19.6 Å². The van der Waals surface area contributed by atoms with Gasteiger partial charge in [-0.25, -0.2) is 8.42 Å². The minimum atomic E-state index is -3.88. The maximum atomic E-state index is 13.1. The van der Waals surface area contributed by atoms with E-state index in [0.717, 1.165) is 25.9 Å². The van der Waals surface area contributed by atoms with Gasteiger partial charge in [0.1, 0.15) is 0 Å². The molecule has 0 bridgehead atoms. The summed E-state index contributed by atoms with van der Waals surface area (Å²) in [5, 5.41) is 5.01. The van der Waals surface area contributed by atoms with E-state index in [4.69, 9.17) is 0 Å². The monoisotopic (exact) mass is 466 g/mol. The van der Waals surface area contributed by atoms with Crippen molar-refractivity contribution in [2.45, 2.75) is 28.7 Å². The van der Waals surface area contributed by atoms with Gasteiger partial charge in [-0.1, -0.05) is 18.2 Å². The summed E-state index contributed by atoms with van der Waals surface area (Å²) in [6.07, 6.45) is 2.29. The van der Waals surface area contributed by atoms with Gasteiger partial charge in [-0.2, -0.15) is 0 Å². The number of likely N-dealkylation sites (tertiary alicyclic amines) is 1. The first-order valence-electron chi connectivity index (χ1n) is 10.6. The summed E-state index contributed by atoms with van der Waals surface area (Å²) in [6, 6.07) is 14.6. The molecule has 0 unspecified atom stereocenters. The number of carbonyl (C=O) groups is 2. The summed E-state index contributed by atoms with van der Waals surface area (Å²) in [6.45, 7) is 2.43. The zero-order chi connectivity index (χ0) is 22.3. The third kappa shape index (κ3) is 3.58. The molecule has 0 spiro atoms. The Kier molecular flexibility index (Phi) is 5.44. The van der Waals surface area contributed by atoms with Crippen LogP contribution in [0, 0.1) is 0 Å². The second-order valence-electron chi connectivity index (χ2n) is 8.02. The minimum Gasteiger partial charge on any atom is -0.350 e. The molecule has 0 saturated carbocycles. The van der Waals surface area contributed by atoms with E-state index in [-0.39, 0.29) is 44.2 Å². The zero-order valence-electron chi connectivity index (χ0n) is 17.3. The number of thiophene rings is 1. The number of fused-ring (bicyclic) bond motifs is 2. The summed E-state index contributed by atoms with van der Waals surface area (Å²) in [7, 11) is -3.88. The van der Waals surface area contributed by atoms with Crippen molar-refractivity contribution >= 4 is 32.9 Å². The molecule has 2 aliphatic rings. The molecule has 8 heteroatoms. The van der Waals surface area contributed by atoms with E-state index in [9.17, 15) is 18.0 Å². The maximum absolute atomic E-state index is 13.1. The first-order chi connectivity index (χ1) is 15.5.